The topological polar surface area (TPSA) is 83.3 Å². The van der Waals surface area contributed by atoms with E-state index in [4.69, 9.17) is 0 Å². The van der Waals surface area contributed by atoms with E-state index < -0.39 is 0 Å². The van der Waals surface area contributed by atoms with E-state index in [0.29, 0.717) is 25.5 Å². The first-order chi connectivity index (χ1) is 15.0. The average molecular weight is 417 g/mol. The Morgan fingerprint density at radius 3 is 2.71 bits per heavy atom. The minimum absolute atomic E-state index is 0.0484. The second-order valence-electron chi connectivity index (χ2n) is 7.81. The fourth-order valence-corrected chi connectivity index (χ4v) is 4.04. The molecule has 1 amide bonds. The monoisotopic (exact) mass is 416 g/mol. The molecule has 0 saturated heterocycles. The number of carbonyl (C=O) groups excluding carboxylic acids is 1. The van der Waals surface area contributed by atoms with Crippen LogP contribution in [0, 0.1) is 13.8 Å². The Balaban J connectivity index is 1.43. The van der Waals surface area contributed by atoms with Crippen LogP contribution in [0.2, 0.25) is 0 Å². The number of hydrogen-bond acceptors (Lipinski definition) is 3. The number of anilines is 1. The number of aryl methyl sites for hydroxylation is 2. The summed E-state index contributed by atoms with van der Waals surface area (Å²) in [4.78, 5) is 16.4. The Bertz CT molecular complexity index is 1120. The van der Waals surface area contributed by atoms with Gasteiger partial charge in [-0.15, -0.1) is 0 Å². The number of benzene rings is 2. The molecule has 0 spiro atoms. The third kappa shape index (κ3) is 4.60. The Kier molecular flexibility index (Phi) is 6.02. The van der Waals surface area contributed by atoms with Crippen LogP contribution in [0.4, 0.5) is 5.69 Å². The van der Waals surface area contributed by atoms with E-state index in [-0.39, 0.29) is 11.8 Å². The van der Waals surface area contributed by atoms with Gasteiger partial charge in [0.1, 0.15) is 0 Å². The summed E-state index contributed by atoms with van der Waals surface area (Å²) in [7, 11) is 1.75. The van der Waals surface area contributed by atoms with Crippen molar-refractivity contribution in [2.24, 2.45) is 4.99 Å². The lowest BCUT2D eigenvalue weighted by Crippen LogP contribution is -2.40. The fourth-order valence-electron chi connectivity index (χ4n) is 4.04. The number of amides is 1. The molecule has 0 fully saturated rings. The zero-order chi connectivity index (χ0) is 21.8. The summed E-state index contributed by atoms with van der Waals surface area (Å²) in [6.45, 7) is 5.29. The highest BCUT2D eigenvalue weighted by atomic mass is 16.1. The van der Waals surface area contributed by atoms with Crippen molar-refractivity contribution >= 4 is 17.6 Å². The highest BCUT2D eigenvalue weighted by Crippen LogP contribution is 2.31. The lowest BCUT2D eigenvalue weighted by atomic mass is 9.90. The number of rotatable bonds is 5. The third-order valence-electron chi connectivity index (χ3n) is 5.52. The van der Waals surface area contributed by atoms with E-state index in [1.54, 1.807) is 7.05 Å². The second kappa shape index (κ2) is 9.04. The van der Waals surface area contributed by atoms with Crippen LogP contribution in [-0.2, 0) is 11.3 Å². The van der Waals surface area contributed by atoms with Crippen LogP contribution < -0.4 is 16.0 Å². The molecule has 1 aliphatic rings. The van der Waals surface area contributed by atoms with Gasteiger partial charge in [-0.3, -0.25) is 9.79 Å². The number of nitrogens with zero attached hydrogens (tertiary/aromatic N) is 3. The molecular formula is C24H28N6O. The van der Waals surface area contributed by atoms with Crippen molar-refractivity contribution in [2.75, 3.05) is 18.9 Å². The normalized spacial score (nSPS) is 15.9. The van der Waals surface area contributed by atoms with Crippen molar-refractivity contribution < 1.29 is 4.79 Å². The second-order valence-corrected chi connectivity index (χ2v) is 7.81. The predicted molar refractivity (Wildman–Crippen MR) is 124 cm³/mol. The van der Waals surface area contributed by atoms with Crippen LogP contribution in [0.25, 0.3) is 5.69 Å². The van der Waals surface area contributed by atoms with Gasteiger partial charge in [0.05, 0.1) is 11.4 Å². The maximum Gasteiger partial charge on any atom is 0.225 e. The van der Waals surface area contributed by atoms with Crippen molar-refractivity contribution in [3.05, 3.63) is 77.1 Å². The fraction of sp³-hybridized carbons (Fsp3) is 0.292. The molecule has 1 atom stereocenters. The minimum Gasteiger partial charge on any atom is -0.356 e. The predicted octanol–water partition coefficient (Wildman–Crippen LogP) is 3.28. The van der Waals surface area contributed by atoms with E-state index in [1.165, 1.54) is 0 Å². The quantitative estimate of drug-likeness (QED) is 0.440. The third-order valence-corrected chi connectivity index (χ3v) is 5.52. The first-order valence-electron chi connectivity index (χ1n) is 10.5. The molecule has 0 bridgehead atoms. The van der Waals surface area contributed by atoms with Gasteiger partial charge in [0.25, 0.3) is 0 Å². The Hall–Kier alpha value is -3.61. The Morgan fingerprint density at radius 2 is 1.94 bits per heavy atom. The molecule has 0 aliphatic carbocycles. The summed E-state index contributed by atoms with van der Waals surface area (Å²) in [5.41, 5.74) is 6.32. The molecule has 7 heteroatoms. The van der Waals surface area contributed by atoms with Crippen LogP contribution in [-0.4, -0.2) is 35.2 Å². The lowest BCUT2D eigenvalue weighted by molar-refractivity contribution is -0.116. The molecule has 0 radical (unpaired) electrons. The first kappa shape index (κ1) is 20.7. The van der Waals surface area contributed by atoms with Gasteiger partial charge in [0.2, 0.25) is 5.91 Å². The van der Waals surface area contributed by atoms with Crippen LogP contribution in [0.1, 0.15) is 34.9 Å². The smallest absolute Gasteiger partial charge is 0.225 e. The van der Waals surface area contributed by atoms with E-state index in [2.05, 4.69) is 57.2 Å². The SMILES string of the molecule is CN=C(NCc1ccccc1-n1nc(C)cc1C)NCC1CC(=O)Nc2ccccc21. The van der Waals surface area contributed by atoms with Crippen LogP contribution >= 0.6 is 0 Å². The molecule has 2 heterocycles. The first-order valence-corrected chi connectivity index (χ1v) is 10.5. The van der Waals surface area contributed by atoms with Gasteiger partial charge in [0.15, 0.2) is 5.96 Å². The van der Waals surface area contributed by atoms with Crippen molar-refractivity contribution in [1.82, 2.24) is 20.4 Å². The average Bonchev–Trinajstić information content (AvgIpc) is 3.11. The molecule has 0 saturated carbocycles. The van der Waals surface area contributed by atoms with E-state index in [9.17, 15) is 4.79 Å². The molecule has 4 rings (SSSR count). The maximum absolute atomic E-state index is 12.1. The number of nitrogens with one attached hydrogen (secondary N) is 3. The Labute approximate surface area is 182 Å². The van der Waals surface area contributed by atoms with Gasteiger partial charge in [-0.1, -0.05) is 36.4 Å². The molecule has 1 unspecified atom stereocenters. The highest BCUT2D eigenvalue weighted by molar-refractivity contribution is 5.94. The van der Waals surface area contributed by atoms with Gasteiger partial charge >= 0.3 is 0 Å². The number of aromatic nitrogens is 2. The number of para-hydroxylation sites is 2. The number of aliphatic imine (C=N–C) groups is 1. The van der Waals surface area contributed by atoms with Crippen LogP contribution in [0.15, 0.2) is 59.6 Å². The minimum atomic E-state index is 0.0484. The summed E-state index contributed by atoms with van der Waals surface area (Å²) < 4.78 is 1.97. The molecule has 2 aromatic carbocycles. The molecular weight excluding hydrogens is 388 g/mol. The highest BCUT2D eigenvalue weighted by Gasteiger charge is 2.24. The van der Waals surface area contributed by atoms with Gasteiger partial charge < -0.3 is 16.0 Å². The van der Waals surface area contributed by atoms with Gasteiger partial charge in [0, 0.05) is 43.9 Å². The zero-order valence-electron chi connectivity index (χ0n) is 18.1. The lowest BCUT2D eigenvalue weighted by Gasteiger charge is -2.26. The largest absolute Gasteiger partial charge is 0.356 e. The van der Waals surface area contributed by atoms with Gasteiger partial charge in [-0.25, -0.2) is 4.68 Å². The summed E-state index contributed by atoms with van der Waals surface area (Å²) in [5.74, 6) is 0.851. The van der Waals surface area contributed by atoms with E-state index >= 15 is 0 Å². The summed E-state index contributed by atoms with van der Waals surface area (Å²) >= 11 is 0. The summed E-state index contributed by atoms with van der Waals surface area (Å²) in [6, 6.07) is 18.3. The maximum atomic E-state index is 12.1. The van der Waals surface area contributed by atoms with Gasteiger partial charge in [-0.05, 0) is 43.2 Å². The van der Waals surface area contributed by atoms with Crippen LogP contribution in [0.3, 0.4) is 0 Å². The molecule has 31 heavy (non-hydrogen) atoms. The number of hydrogen-bond donors (Lipinski definition) is 3. The van der Waals surface area contributed by atoms with Crippen molar-refractivity contribution in [1.29, 1.82) is 0 Å². The molecule has 7 nitrogen and oxygen atoms in total. The molecule has 3 N–H and O–H groups in total. The van der Waals surface area contributed by atoms with E-state index in [0.717, 1.165) is 33.9 Å². The van der Waals surface area contributed by atoms with Crippen molar-refractivity contribution in [2.45, 2.75) is 32.7 Å². The zero-order valence-corrected chi connectivity index (χ0v) is 18.1. The number of guanidine groups is 1. The van der Waals surface area contributed by atoms with E-state index in [1.807, 2.05) is 41.9 Å². The van der Waals surface area contributed by atoms with Crippen LogP contribution in [0.5, 0.6) is 0 Å². The van der Waals surface area contributed by atoms with Crippen molar-refractivity contribution in [3.8, 4) is 5.69 Å². The number of fused-ring (bicyclic) bond motifs is 1. The van der Waals surface area contributed by atoms with Gasteiger partial charge in [-0.2, -0.15) is 5.10 Å². The summed E-state index contributed by atoms with van der Waals surface area (Å²) in [5, 5.41) is 14.3. The molecule has 1 aromatic heterocycles. The molecule has 3 aromatic rings. The number of carbonyl (C=O) groups is 1. The summed E-state index contributed by atoms with van der Waals surface area (Å²) in [6.07, 6.45) is 0.460. The Morgan fingerprint density at radius 1 is 1.16 bits per heavy atom. The van der Waals surface area contributed by atoms with Crippen molar-refractivity contribution in [3.63, 3.8) is 0 Å². The standard InChI is InChI=1S/C24H28N6O/c1-16-12-17(2)30(29-16)22-11-7-4-8-18(22)14-26-24(25-3)27-15-19-13-23(31)28-21-10-6-5-9-20(19)21/h4-12,19H,13-15H2,1-3H3,(H,28,31)(H2,25,26,27). The molecule has 160 valence electrons. The molecule has 1 aliphatic heterocycles.